The molecule has 122 valence electrons. The Labute approximate surface area is 137 Å². The van der Waals surface area contributed by atoms with Gasteiger partial charge in [0, 0.05) is 6.07 Å². The Morgan fingerprint density at radius 2 is 1.30 bits per heavy atom. The van der Waals surface area contributed by atoms with Gasteiger partial charge in [-0.25, -0.2) is 0 Å². The fourth-order valence-corrected chi connectivity index (χ4v) is 2.47. The summed E-state index contributed by atoms with van der Waals surface area (Å²) in [5.41, 5.74) is 3.10. The summed E-state index contributed by atoms with van der Waals surface area (Å²) in [5.74, 6) is 2.90. The van der Waals surface area contributed by atoms with E-state index in [9.17, 15) is 0 Å². The van der Waals surface area contributed by atoms with Crippen LogP contribution in [0.5, 0.6) is 23.0 Å². The van der Waals surface area contributed by atoms with Crippen LogP contribution in [0.2, 0.25) is 0 Å². The van der Waals surface area contributed by atoms with Gasteiger partial charge in [0.1, 0.15) is 11.5 Å². The molecule has 0 aliphatic carbocycles. The molecule has 2 aromatic rings. The van der Waals surface area contributed by atoms with E-state index in [1.807, 2.05) is 43.3 Å². The van der Waals surface area contributed by atoms with Crippen LogP contribution in [0.4, 0.5) is 0 Å². The minimum Gasteiger partial charge on any atom is -0.497 e. The van der Waals surface area contributed by atoms with Crippen LogP contribution < -0.4 is 18.9 Å². The zero-order chi connectivity index (χ0) is 16.8. The normalized spacial score (nSPS) is 11.1. The lowest BCUT2D eigenvalue weighted by molar-refractivity contribution is 0.355. The van der Waals surface area contributed by atoms with Gasteiger partial charge in [-0.15, -0.1) is 0 Å². The first-order valence-electron chi connectivity index (χ1n) is 7.29. The van der Waals surface area contributed by atoms with E-state index in [0.29, 0.717) is 11.5 Å². The smallest absolute Gasteiger partial charge is 0.161 e. The molecule has 0 atom stereocenters. The maximum absolute atomic E-state index is 5.40. The number of hydrogen-bond donors (Lipinski definition) is 0. The molecule has 0 aliphatic heterocycles. The summed E-state index contributed by atoms with van der Waals surface area (Å²) in [6.45, 7) is 2.00. The van der Waals surface area contributed by atoms with E-state index in [1.165, 1.54) is 0 Å². The number of rotatable bonds is 6. The van der Waals surface area contributed by atoms with Crippen molar-refractivity contribution in [2.75, 3.05) is 28.4 Å². The maximum Gasteiger partial charge on any atom is 0.161 e. The van der Waals surface area contributed by atoms with Crippen LogP contribution in [0.15, 0.2) is 42.5 Å². The minimum atomic E-state index is 0.694. The Kier molecular flexibility index (Phi) is 5.52. The molecule has 0 spiro atoms. The highest BCUT2D eigenvalue weighted by atomic mass is 16.5. The van der Waals surface area contributed by atoms with Crippen LogP contribution in [-0.4, -0.2) is 28.4 Å². The van der Waals surface area contributed by atoms with Crippen LogP contribution >= 0.6 is 0 Å². The standard InChI is InChI=1S/C19H22O4/c1-6-17(13-7-8-18(22-4)19(11-13)23-5)14-9-15(20-2)12-16(10-14)21-3/h6-12H,1-5H3/b17-6-. The largest absolute Gasteiger partial charge is 0.497 e. The second-order valence-corrected chi connectivity index (χ2v) is 4.87. The first kappa shape index (κ1) is 16.7. The first-order valence-corrected chi connectivity index (χ1v) is 7.29. The molecule has 2 aromatic carbocycles. The Morgan fingerprint density at radius 1 is 0.696 bits per heavy atom. The molecule has 0 fully saturated rings. The number of methoxy groups -OCH3 is 4. The molecule has 4 nitrogen and oxygen atoms in total. The van der Waals surface area contributed by atoms with Gasteiger partial charge in [-0.3, -0.25) is 0 Å². The highest BCUT2D eigenvalue weighted by Crippen LogP contribution is 2.35. The van der Waals surface area contributed by atoms with Crippen LogP contribution in [0.3, 0.4) is 0 Å². The van der Waals surface area contributed by atoms with Crippen molar-refractivity contribution >= 4 is 5.57 Å². The summed E-state index contributed by atoms with van der Waals surface area (Å²) in [6.07, 6.45) is 2.05. The minimum absolute atomic E-state index is 0.694. The summed E-state index contributed by atoms with van der Waals surface area (Å²) >= 11 is 0. The highest BCUT2D eigenvalue weighted by Gasteiger charge is 2.11. The van der Waals surface area contributed by atoms with Gasteiger partial charge < -0.3 is 18.9 Å². The van der Waals surface area contributed by atoms with Gasteiger partial charge >= 0.3 is 0 Å². The number of hydrogen-bond acceptors (Lipinski definition) is 4. The average molecular weight is 314 g/mol. The molecule has 0 bridgehead atoms. The third kappa shape index (κ3) is 3.59. The van der Waals surface area contributed by atoms with Crippen molar-refractivity contribution in [2.45, 2.75) is 6.92 Å². The molecule has 0 saturated carbocycles. The summed E-state index contributed by atoms with van der Waals surface area (Å²) in [4.78, 5) is 0. The van der Waals surface area contributed by atoms with Gasteiger partial charge in [0.2, 0.25) is 0 Å². The van der Waals surface area contributed by atoms with Gasteiger partial charge in [-0.2, -0.15) is 0 Å². The van der Waals surface area contributed by atoms with Crippen molar-refractivity contribution in [3.63, 3.8) is 0 Å². The predicted octanol–water partition coefficient (Wildman–Crippen LogP) is 4.17. The third-order valence-electron chi connectivity index (χ3n) is 3.65. The molecule has 0 amide bonds. The summed E-state index contributed by atoms with van der Waals surface area (Å²) in [5, 5.41) is 0. The van der Waals surface area contributed by atoms with Gasteiger partial charge in [0.05, 0.1) is 28.4 Å². The lowest BCUT2D eigenvalue weighted by Gasteiger charge is -2.14. The monoisotopic (exact) mass is 314 g/mol. The van der Waals surface area contributed by atoms with E-state index in [-0.39, 0.29) is 0 Å². The zero-order valence-electron chi connectivity index (χ0n) is 14.2. The Balaban J connectivity index is 2.52. The number of allylic oxidation sites excluding steroid dienone is 1. The zero-order valence-corrected chi connectivity index (χ0v) is 14.2. The molecule has 4 heteroatoms. The molecule has 2 rings (SSSR count). The van der Waals surface area contributed by atoms with Gasteiger partial charge in [-0.1, -0.05) is 12.1 Å². The molecule has 0 saturated heterocycles. The SMILES string of the molecule is C/C=C(\c1cc(OC)cc(OC)c1)c1ccc(OC)c(OC)c1. The predicted molar refractivity (Wildman–Crippen MR) is 91.8 cm³/mol. The average Bonchev–Trinajstić information content (AvgIpc) is 2.61. The van der Waals surface area contributed by atoms with Crippen molar-refractivity contribution in [3.8, 4) is 23.0 Å². The number of ether oxygens (including phenoxy) is 4. The van der Waals surface area contributed by atoms with Crippen molar-refractivity contribution in [3.05, 3.63) is 53.6 Å². The molecular weight excluding hydrogens is 292 g/mol. The maximum atomic E-state index is 5.40. The van der Waals surface area contributed by atoms with Crippen molar-refractivity contribution < 1.29 is 18.9 Å². The van der Waals surface area contributed by atoms with Crippen LogP contribution in [-0.2, 0) is 0 Å². The molecule has 0 aromatic heterocycles. The topological polar surface area (TPSA) is 36.9 Å². The van der Waals surface area contributed by atoms with E-state index in [0.717, 1.165) is 28.2 Å². The molecule has 0 unspecified atom stereocenters. The lowest BCUT2D eigenvalue weighted by Crippen LogP contribution is -1.95. The van der Waals surface area contributed by atoms with Gasteiger partial charge in [0.25, 0.3) is 0 Å². The van der Waals surface area contributed by atoms with E-state index in [4.69, 9.17) is 18.9 Å². The second-order valence-electron chi connectivity index (χ2n) is 4.87. The molecular formula is C19H22O4. The number of benzene rings is 2. The van der Waals surface area contributed by atoms with Crippen molar-refractivity contribution in [1.29, 1.82) is 0 Å². The van der Waals surface area contributed by atoms with Crippen molar-refractivity contribution in [2.24, 2.45) is 0 Å². The molecule has 0 aliphatic rings. The van der Waals surface area contributed by atoms with Crippen LogP contribution in [0, 0.1) is 0 Å². The van der Waals surface area contributed by atoms with Gasteiger partial charge in [0.15, 0.2) is 11.5 Å². The summed E-state index contributed by atoms with van der Waals surface area (Å²) in [7, 11) is 6.54. The van der Waals surface area contributed by atoms with Crippen LogP contribution in [0.1, 0.15) is 18.1 Å². The molecule has 0 radical (unpaired) electrons. The van der Waals surface area contributed by atoms with Gasteiger partial charge in [-0.05, 0) is 47.9 Å². The Hall–Kier alpha value is -2.62. The lowest BCUT2D eigenvalue weighted by atomic mass is 9.97. The molecule has 23 heavy (non-hydrogen) atoms. The van der Waals surface area contributed by atoms with Crippen molar-refractivity contribution in [1.82, 2.24) is 0 Å². The van der Waals surface area contributed by atoms with E-state index in [2.05, 4.69) is 6.08 Å². The first-order chi connectivity index (χ1) is 11.2. The quantitative estimate of drug-likeness (QED) is 0.802. The fraction of sp³-hybridized carbons (Fsp3) is 0.263. The molecule has 0 heterocycles. The summed E-state index contributed by atoms with van der Waals surface area (Å²) in [6, 6.07) is 11.7. The Bertz CT molecular complexity index is 682. The van der Waals surface area contributed by atoms with E-state index in [1.54, 1.807) is 28.4 Å². The second kappa shape index (κ2) is 7.58. The fourth-order valence-electron chi connectivity index (χ4n) is 2.47. The van der Waals surface area contributed by atoms with E-state index < -0.39 is 0 Å². The summed E-state index contributed by atoms with van der Waals surface area (Å²) < 4.78 is 21.4. The molecule has 0 N–H and O–H groups in total. The van der Waals surface area contributed by atoms with Crippen LogP contribution in [0.25, 0.3) is 5.57 Å². The third-order valence-corrected chi connectivity index (χ3v) is 3.65. The van der Waals surface area contributed by atoms with E-state index >= 15 is 0 Å². The highest BCUT2D eigenvalue weighted by molar-refractivity contribution is 5.81. The Morgan fingerprint density at radius 3 is 1.78 bits per heavy atom.